The van der Waals surface area contributed by atoms with Crippen LogP contribution < -0.4 is 4.74 Å². The Morgan fingerprint density at radius 3 is 2.24 bits per heavy atom. The lowest BCUT2D eigenvalue weighted by molar-refractivity contribution is 0.0734. The number of hydrogen-bond donors (Lipinski definition) is 0. The third kappa shape index (κ3) is 7.25. The van der Waals surface area contributed by atoms with Gasteiger partial charge in [0.05, 0.1) is 11.1 Å². The number of nitriles is 1. The van der Waals surface area contributed by atoms with Crippen molar-refractivity contribution in [3.8, 4) is 23.2 Å². The fourth-order valence-electron chi connectivity index (χ4n) is 3.85. The van der Waals surface area contributed by atoms with Crippen molar-refractivity contribution in [3.63, 3.8) is 0 Å². The van der Waals surface area contributed by atoms with E-state index >= 15 is 0 Å². The van der Waals surface area contributed by atoms with Crippen molar-refractivity contribution in [3.05, 3.63) is 77.1 Å². The van der Waals surface area contributed by atoms with E-state index in [-0.39, 0.29) is 5.75 Å². The van der Waals surface area contributed by atoms with Crippen LogP contribution >= 0.6 is 0 Å². The molecule has 0 bridgehead atoms. The maximum atomic E-state index is 12.6. The van der Waals surface area contributed by atoms with Gasteiger partial charge in [0, 0.05) is 18.0 Å². The first-order valence-corrected chi connectivity index (χ1v) is 12.3. The van der Waals surface area contributed by atoms with Gasteiger partial charge in [-0.15, -0.1) is 0 Å². The molecule has 5 heteroatoms. The van der Waals surface area contributed by atoms with Crippen molar-refractivity contribution in [2.45, 2.75) is 71.6 Å². The number of hydrogen-bond acceptors (Lipinski definition) is 5. The number of aryl methyl sites for hydroxylation is 2. The van der Waals surface area contributed by atoms with Gasteiger partial charge >= 0.3 is 5.97 Å². The minimum atomic E-state index is -0.499. The average Bonchev–Trinajstić information content (AvgIpc) is 2.87. The van der Waals surface area contributed by atoms with Crippen LogP contribution in [0.3, 0.4) is 0 Å². The summed E-state index contributed by atoms with van der Waals surface area (Å²) in [5.41, 5.74) is 3.82. The zero-order chi connectivity index (χ0) is 24.2. The molecule has 0 aliphatic rings. The zero-order valence-electron chi connectivity index (χ0n) is 20.2. The number of benzene rings is 2. The second-order valence-corrected chi connectivity index (χ2v) is 8.59. The highest BCUT2D eigenvalue weighted by molar-refractivity contribution is 5.91. The summed E-state index contributed by atoms with van der Waals surface area (Å²) in [5.74, 6) is 0.409. The Bertz CT molecular complexity index is 1100. The van der Waals surface area contributed by atoms with Gasteiger partial charge in [0.25, 0.3) is 0 Å². The Hall–Kier alpha value is -3.52. The topological polar surface area (TPSA) is 75.9 Å². The molecule has 0 unspecified atom stereocenters. The van der Waals surface area contributed by atoms with E-state index in [0.29, 0.717) is 17.0 Å². The molecule has 176 valence electrons. The van der Waals surface area contributed by atoms with Crippen molar-refractivity contribution < 1.29 is 9.53 Å². The Kier molecular flexibility index (Phi) is 9.79. The molecule has 0 N–H and O–H groups in total. The summed E-state index contributed by atoms with van der Waals surface area (Å²) in [5, 5.41) is 9.41. The molecule has 0 fully saturated rings. The molecular weight excluding hydrogens is 422 g/mol. The Balaban J connectivity index is 1.57. The summed E-state index contributed by atoms with van der Waals surface area (Å²) >= 11 is 0. The molecule has 0 aliphatic carbocycles. The van der Waals surface area contributed by atoms with Gasteiger partial charge in [0.15, 0.2) is 5.82 Å². The number of carbonyl (C=O) groups is 1. The molecular formula is C29H33N3O2. The molecule has 3 rings (SSSR count). The maximum Gasteiger partial charge on any atom is 0.343 e. The minimum absolute atomic E-state index is 0.278. The second-order valence-electron chi connectivity index (χ2n) is 8.59. The number of carbonyl (C=O) groups excluding carboxylic acids is 1. The predicted molar refractivity (Wildman–Crippen MR) is 135 cm³/mol. The molecule has 2 aromatic carbocycles. The van der Waals surface area contributed by atoms with Crippen molar-refractivity contribution in [1.29, 1.82) is 5.26 Å². The smallest absolute Gasteiger partial charge is 0.343 e. The zero-order valence-corrected chi connectivity index (χ0v) is 20.2. The van der Waals surface area contributed by atoms with Crippen molar-refractivity contribution in [2.75, 3.05) is 0 Å². The van der Waals surface area contributed by atoms with E-state index in [9.17, 15) is 10.1 Å². The van der Waals surface area contributed by atoms with Crippen molar-refractivity contribution in [2.24, 2.45) is 0 Å². The lowest BCUT2D eigenvalue weighted by atomic mass is 10.1. The summed E-state index contributed by atoms with van der Waals surface area (Å²) in [6.45, 7) is 4.32. The normalized spacial score (nSPS) is 10.6. The molecule has 5 nitrogen and oxygen atoms in total. The molecule has 3 aromatic rings. The number of esters is 1. The highest BCUT2D eigenvalue weighted by Gasteiger charge is 2.13. The van der Waals surface area contributed by atoms with Gasteiger partial charge in [-0.25, -0.2) is 14.8 Å². The van der Waals surface area contributed by atoms with Crippen LogP contribution in [0.25, 0.3) is 11.4 Å². The van der Waals surface area contributed by atoms with E-state index in [1.54, 1.807) is 24.3 Å². The summed E-state index contributed by atoms with van der Waals surface area (Å²) in [7, 11) is 0. The fourth-order valence-corrected chi connectivity index (χ4v) is 3.85. The quantitative estimate of drug-likeness (QED) is 0.165. The van der Waals surface area contributed by atoms with Crippen LogP contribution in [0.4, 0.5) is 0 Å². The lowest BCUT2D eigenvalue weighted by Gasteiger charge is -2.08. The Morgan fingerprint density at radius 1 is 0.853 bits per heavy atom. The lowest BCUT2D eigenvalue weighted by Crippen LogP contribution is -2.09. The van der Waals surface area contributed by atoms with Crippen molar-refractivity contribution >= 4 is 5.97 Å². The maximum absolute atomic E-state index is 12.6. The van der Waals surface area contributed by atoms with Crippen LogP contribution in [0.1, 0.15) is 85.8 Å². The largest absolute Gasteiger partial charge is 0.422 e. The highest BCUT2D eigenvalue weighted by Crippen LogP contribution is 2.22. The highest BCUT2D eigenvalue weighted by atomic mass is 16.5. The summed E-state index contributed by atoms with van der Waals surface area (Å²) in [6, 6.07) is 14.5. The van der Waals surface area contributed by atoms with Crippen LogP contribution in [-0.2, 0) is 12.8 Å². The fraction of sp³-hybridized carbons (Fsp3) is 0.379. The van der Waals surface area contributed by atoms with E-state index < -0.39 is 5.97 Å². The number of ether oxygens (including phenoxy) is 1. The standard InChI is InChI=1S/C29H33N3O2/c1-3-5-6-7-8-9-11-23-20-31-28(32-21-23)24-13-15-25(16-14-24)29(33)34-27-17-12-22(10-4-2)18-26(27)19-30/h12-18,20-21H,3-11H2,1-2H3. The summed E-state index contributed by atoms with van der Waals surface area (Å²) in [6.07, 6.45) is 14.3. The van der Waals surface area contributed by atoms with E-state index in [1.165, 1.54) is 32.1 Å². The van der Waals surface area contributed by atoms with Gasteiger partial charge in [-0.3, -0.25) is 0 Å². The van der Waals surface area contributed by atoms with Crippen LogP contribution in [0.15, 0.2) is 54.9 Å². The van der Waals surface area contributed by atoms with Crippen molar-refractivity contribution in [1.82, 2.24) is 9.97 Å². The molecule has 0 amide bonds. The first-order valence-electron chi connectivity index (χ1n) is 12.3. The van der Waals surface area contributed by atoms with Crippen LogP contribution in [0.2, 0.25) is 0 Å². The van der Waals surface area contributed by atoms with Gasteiger partial charge in [-0.1, -0.05) is 70.6 Å². The number of aromatic nitrogens is 2. The van der Waals surface area contributed by atoms with E-state index in [0.717, 1.165) is 42.4 Å². The summed E-state index contributed by atoms with van der Waals surface area (Å²) < 4.78 is 5.49. The van der Waals surface area contributed by atoms with Gasteiger partial charge in [0.2, 0.25) is 0 Å². The molecule has 0 saturated heterocycles. The Labute approximate surface area is 202 Å². The molecule has 1 heterocycles. The van der Waals surface area contributed by atoms with E-state index in [4.69, 9.17) is 4.74 Å². The van der Waals surface area contributed by atoms with Crippen LogP contribution in [-0.4, -0.2) is 15.9 Å². The number of nitrogens with zero attached hydrogens (tertiary/aromatic N) is 3. The van der Waals surface area contributed by atoms with Crippen LogP contribution in [0, 0.1) is 11.3 Å². The minimum Gasteiger partial charge on any atom is -0.422 e. The average molecular weight is 456 g/mol. The molecule has 0 atom stereocenters. The summed E-state index contributed by atoms with van der Waals surface area (Å²) in [4.78, 5) is 21.6. The van der Waals surface area contributed by atoms with Crippen LogP contribution in [0.5, 0.6) is 5.75 Å². The van der Waals surface area contributed by atoms with Gasteiger partial charge in [0.1, 0.15) is 11.8 Å². The van der Waals surface area contributed by atoms with E-state index in [1.807, 2.05) is 30.6 Å². The molecule has 0 radical (unpaired) electrons. The van der Waals surface area contributed by atoms with Gasteiger partial charge < -0.3 is 4.74 Å². The number of unbranched alkanes of at least 4 members (excludes halogenated alkanes) is 5. The molecule has 0 spiro atoms. The van der Waals surface area contributed by atoms with E-state index in [2.05, 4.69) is 29.9 Å². The second kappa shape index (κ2) is 13.3. The SMILES string of the molecule is CCCCCCCCc1cnc(-c2ccc(C(=O)Oc3ccc(CCC)cc3C#N)cc2)nc1. The molecule has 0 saturated carbocycles. The monoisotopic (exact) mass is 455 g/mol. The Morgan fingerprint density at radius 2 is 1.56 bits per heavy atom. The predicted octanol–water partition coefficient (Wildman–Crippen LogP) is 7.09. The molecule has 34 heavy (non-hydrogen) atoms. The third-order valence-corrected chi connectivity index (χ3v) is 5.81. The molecule has 0 aliphatic heterocycles. The third-order valence-electron chi connectivity index (χ3n) is 5.81. The first kappa shape index (κ1) is 25.1. The molecule has 1 aromatic heterocycles. The van der Waals surface area contributed by atoms with Gasteiger partial charge in [-0.05, 0) is 54.7 Å². The number of rotatable bonds is 12. The first-order chi connectivity index (χ1) is 16.6. The van der Waals surface area contributed by atoms with Gasteiger partial charge in [-0.2, -0.15) is 5.26 Å².